The summed E-state index contributed by atoms with van der Waals surface area (Å²) in [5.74, 6) is -1.08. The third kappa shape index (κ3) is 7.92. The Morgan fingerprint density at radius 2 is 1.84 bits per heavy atom. The number of halogens is 2. The van der Waals surface area contributed by atoms with E-state index in [1.54, 1.807) is 50.2 Å². The summed E-state index contributed by atoms with van der Waals surface area (Å²) in [6, 6.07) is 10.4. The molecule has 1 N–H and O–H groups in total. The minimum Gasteiger partial charge on any atom is -0.352 e. The first kappa shape index (κ1) is 28.9. The van der Waals surface area contributed by atoms with E-state index in [0.717, 1.165) is 37.5 Å². The number of carbonyl (C=O) groups excluding carboxylic acids is 2. The highest BCUT2D eigenvalue weighted by Gasteiger charge is 2.29. The van der Waals surface area contributed by atoms with Crippen LogP contribution in [0.25, 0.3) is 0 Å². The molecule has 0 spiro atoms. The molecule has 0 heterocycles. The van der Waals surface area contributed by atoms with Crippen LogP contribution in [-0.4, -0.2) is 50.0 Å². The second-order valence-corrected chi connectivity index (χ2v) is 12.0. The molecule has 7 nitrogen and oxygen atoms in total. The van der Waals surface area contributed by atoms with Crippen LogP contribution in [0.1, 0.15) is 56.6 Å². The van der Waals surface area contributed by atoms with Gasteiger partial charge in [-0.15, -0.1) is 0 Å². The van der Waals surface area contributed by atoms with Crippen molar-refractivity contribution >= 4 is 39.1 Å². The predicted molar refractivity (Wildman–Crippen MR) is 144 cm³/mol. The lowest BCUT2D eigenvalue weighted by molar-refractivity contribution is -0.141. The summed E-state index contributed by atoms with van der Waals surface area (Å²) in [4.78, 5) is 27.7. The van der Waals surface area contributed by atoms with Crippen LogP contribution in [0, 0.1) is 12.7 Å². The van der Waals surface area contributed by atoms with Gasteiger partial charge < -0.3 is 10.2 Å². The van der Waals surface area contributed by atoms with E-state index in [1.807, 2.05) is 0 Å². The van der Waals surface area contributed by atoms with Gasteiger partial charge in [0.2, 0.25) is 21.8 Å². The van der Waals surface area contributed by atoms with Crippen LogP contribution in [0.4, 0.5) is 10.1 Å². The number of hydrogen-bond acceptors (Lipinski definition) is 4. The molecule has 1 saturated carbocycles. The fraction of sp³-hybridized carbons (Fsp3) is 0.481. The molecule has 1 unspecified atom stereocenters. The number of aryl methyl sites for hydroxylation is 1. The molecule has 1 aliphatic rings. The van der Waals surface area contributed by atoms with E-state index in [0.29, 0.717) is 16.3 Å². The Kier molecular flexibility index (Phi) is 9.95. The van der Waals surface area contributed by atoms with E-state index in [9.17, 15) is 22.4 Å². The van der Waals surface area contributed by atoms with E-state index in [-0.39, 0.29) is 43.8 Å². The summed E-state index contributed by atoms with van der Waals surface area (Å²) in [5.41, 5.74) is 1.50. The van der Waals surface area contributed by atoms with Crippen LogP contribution in [0.2, 0.25) is 5.02 Å². The molecule has 0 saturated heterocycles. The zero-order valence-corrected chi connectivity index (χ0v) is 23.1. The van der Waals surface area contributed by atoms with Crippen molar-refractivity contribution in [1.29, 1.82) is 0 Å². The summed E-state index contributed by atoms with van der Waals surface area (Å²) in [5, 5.41) is 3.42. The van der Waals surface area contributed by atoms with Gasteiger partial charge in [0.25, 0.3) is 0 Å². The molecule has 0 aliphatic heterocycles. The van der Waals surface area contributed by atoms with E-state index in [1.165, 1.54) is 15.3 Å². The Morgan fingerprint density at radius 3 is 2.49 bits per heavy atom. The third-order valence-electron chi connectivity index (χ3n) is 6.76. The Morgan fingerprint density at radius 1 is 1.16 bits per heavy atom. The van der Waals surface area contributed by atoms with Gasteiger partial charge in [-0.05, 0) is 56.9 Å². The van der Waals surface area contributed by atoms with Crippen molar-refractivity contribution in [3.05, 3.63) is 64.4 Å². The molecule has 1 atom stereocenters. The Hall–Kier alpha value is -2.65. The second kappa shape index (κ2) is 12.7. The largest absolute Gasteiger partial charge is 0.352 e. The van der Waals surface area contributed by atoms with Crippen molar-refractivity contribution in [3.8, 4) is 0 Å². The van der Waals surface area contributed by atoms with E-state index in [2.05, 4.69) is 5.32 Å². The highest BCUT2D eigenvalue weighted by molar-refractivity contribution is 7.92. The Labute approximate surface area is 224 Å². The number of carbonyl (C=O) groups is 2. The van der Waals surface area contributed by atoms with E-state index < -0.39 is 21.9 Å². The molecule has 202 valence electrons. The number of benzene rings is 2. The van der Waals surface area contributed by atoms with Crippen molar-refractivity contribution in [2.75, 3.05) is 17.1 Å². The molecule has 0 bridgehead atoms. The van der Waals surface area contributed by atoms with E-state index >= 15 is 0 Å². The van der Waals surface area contributed by atoms with Crippen molar-refractivity contribution in [1.82, 2.24) is 10.2 Å². The second-order valence-electron chi connectivity index (χ2n) is 9.65. The van der Waals surface area contributed by atoms with Crippen LogP contribution in [-0.2, 0) is 26.2 Å². The fourth-order valence-electron chi connectivity index (χ4n) is 4.62. The van der Waals surface area contributed by atoms with Gasteiger partial charge in [0.05, 0.1) is 11.9 Å². The van der Waals surface area contributed by atoms with Gasteiger partial charge >= 0.3 is 0 Å². The smallest absolute Gasteiger partial charge is 0.242 e. The molecular weight excluding hydrogens is 517 g/mol. The minimum absolute atomic E-state index is 0.0128. The first-order valence-electron chi connectivity index (χ1n) is 12.5. The van der Waals surface area contributed by atoms with Crippen molar-refractivity contribution < 1.29 is 22.4 Å². The SMILES string of the molecule is Cc1ccc(Cl)cc1N(CCCC(=O)N(Cc1ccccc1F)C(C)C(=O)NC1CCCC1)S(C)(=O)=O. The molecule has 1 aliphatic carbocycles. The molecule has 2 aromatic carbocycles. The van der Waals surface area contributed by atoms with E-state index in [4.69, 9.17) is 11.6 Å². The van der Waals surface area contributed by atoms with Gasteiger partial charge in [-0.1, -0.05) is 48.7 Å². The number of hydrogen-bond donors (Lipinski definition) is 1. The highest BCUT2D eigenvalue weighted by Crippen LogP contribution is 2.27. The predicted octanol–water partition coefficient (Wildman–Crippen LogP) is 4.81. The minimum atomic E-state index is -3.64. The first-order valence-corrected chi connectivity index (χ1v) is 14.8. The Balaban J connectivity index is 1.75. The normalized spacial score (nSPS) is 14.8. The molecule has 37 heavy (non-hydrogen) atoms. The standard InChI is InChI=1S/C27H35ClFN3O4S/c1-19-14-15-22(28)17-25(19)32(37(3,35)36)16-8-13-26(33)31(18-21-9-4-7-12-24(21)29)20(2)27(34)30-23-10-5-6-11-23/h4,7,9,12,14-15,17,20,23H,5-6,8,10-11,13,16,18H2,1-3H3,(H,30,34). The molecule has 10 heteroatoms. The lowest BCUT2D eigenvalue weighted by atomic mass is 10.1. The van der Waals surface area contributed by atoms with Gasteiger partial charge in [-0.2, -0.15) is 0 Å². The molecule has 1 fully saturated rings. The summed E-state index contributed by atoms with van der Waals surface area (Å²) >= 11 is 6.10. The van der Waals surface area contributed by atoms with Gasteiger partial charge in [0.1, 0.15) is 11.9 Å². The zero-order chi connectivity index (χ0) is 27.2. The number of nitrogens with one attached hydrogen (secondary N) is 1. The highest BCUT2D eigenvalue weighted by atomic mass is 35.5. The molecule has 0 radical (unpaired) electrons. The average Bonchev–Trinajstić information content (AvgIpc) is 3.34. The number of nitrogens with zero attached hydrogens (tertiary/aromatic N) is 2. The van der Waals surface area contributed by atoms with Crippen LogP contribution in [0.3, 0.4) is 0 Å². The first-order chi connectivity index (χ1) is 17.5. The summed E-state index contributed by atoms with van der Waals surface area (Å²) < 4.78 is 40.7. The number of sulfonamides is 1. The summed E-state index contributed by atoms with van der Waals surface area (Å²) in [7, 11) is -3.64. The monoisotopic (exact) mass is 551 g/mol. The van der Waals surface area contributed by atoms with Gasteiger partial charge in [-0.3, -0.25) is 13.9 Å². The van der Waals surface area contributed by atoms with Crippen LogP contribution < -0.4 is 9.62 Å². The number of anilines is 1. The summed E-state index contributed by atoms with van der Waals surface area (Å²) in [6.07, 6.45) is 5.23. The van der Waals surface area contributed by atoms with Gasteiger partial charge in [-0.25, -0.2) is 12.8 Å². The van der Waals surface area contributed by atoms with Crippen molar-refractivity contribution in [2.45, 2.75) is 71.0 Å². The number of amides is 2. The number of rotatable bonds is 11. The molecule has 0 aromatic heterocycles. The molecule has 2 amide bonds. The van der Waals surface area contributed by atoms with Gasteiger partial charge in [0.15, 0.2) is 0 Å². The quantitative estimate of drug-likeness (QED) is 0.434. The summed E-state index contributed by atoms with van der Waals surface area (Å²) in [6.45, 7) is 3.42. The third-order valence-corrected chi connectivity index (χ3v) is 8.17. The van der Waals surface area contributed by atoms with Crippen molar-refractivity contribution in [3.63, 3.8) is 0 Å². The van der Waals surface area contributed by atoms with Crippen LogP contribution in [0.5, 0.6) is 0 Å². The topological polar surface area (TPSA) is 86.8 Å². The van der Waals surface area contributed by atoms with Crippen LogP contribution in [0.15, 0.2) is 42.5 Å². The van der Waals surface area contributed by atoms with Gasteiger partial charge in [0, 0.05) is 36.1 Å². The fourth-order valence-corrected chi connectivity index (χ4v) is 5.80. The maximum absolute atomic E-state index is 14.4. The van der Waals surface area contributed by atoms with Crippen molar-refractivity contribution in [2.24, 2.45) is 0 Å². The lowest BCUT2D eigenvalue weighted by Crippen LogP contribution is -2.49. The molecular formula is C27H35ClFN3O4S. The Bertz CT molecular complexity index is 1220. The van der Waals surface area contributed by atoms with Crippen LogP contribution >= 0.6 is 11.6 Å². The maximum Gasteiger partial charge on any atom is 0.242 e. The molecule has 3 rings (SSSR count). The zero-order valence-electron chi connectivity index (χ0n) is 21.5. The lowest BCUT2D eigenvalue weighted by Gasteiger charge is -2.30. The molecule has 2 aromatic rings. The maximum atomic E-state index is 14.4. The average molecular weight is 552 g/mol.